The van der Waals surface area contributed by atoms with Crippen molar-refractivity contribution in [3.05, 3.63) is 11.7 Å². The van der Waals surface area contributed by atoms with E-state index in [9.17, 15) is 8.78 Å². The Morgan fingerprint density at radius 1 is 1.53 bits per heavy atom. The molecule has 7 heteroatoms. The van der Waals surface area contributed by atoms with Gasteiger partial charge < -0.3 is 14.6 Å². The summed E-state index contributed by atoms with van der Waals surface area (Å²) in [5, 5.41) is 7.17. The van der Waals surface area contributed by atoms with E-state index in [1.807, 2.05) is 0 Å². The van der Waals surface area contributed by atoms with Crippen LogP contribution in [0.25, 0.3) is 0 Å². The summed E-state index contributed by atoms with van der Waals surface area (Å²) in [7, 11) is 0. The summed E-state index contributed by atoms with van der Waals surface area (Å²) in [6, 6.07) is 0.104. The smallest absolute Gasteiger partial charge is 0.261 e. The van der Waals surface area contributed by atoms with Gasteiger partial charge in [-0.1, -0.05) is 12.1 Å². The van der Waals surface area contributed by atoms with E-state index in [-0.39, 0.29) is 12.6 Å². The van der Waals surface area contributed by atoms with Gasteiger partial charge in [0.2, 0.25) is 5.89 Å². The van der Waals surface area contributed by atoms with Gasteiger partial charge >= 0.3 is 0 Å². The monoisotopic (exact) mass is 275 g/mol. The van der Waals surface area contributed by atoms with Crippen molar-refractivity contribution >= 4 is 0 Å². The lowest BCUT2D eigenvalue weighted by atomic mass is 9.94. The first-order valence-electron chi connectivity index (χ1n) is 6.57. The average Bonchev–Trinajstić information content (AvgIpc) is 2.83. The Balaban J connectivity index is 1.78. The van der Waals surface area contributed by atoms with E-state index in [2.05, 4.69) is 22.4 Å². The number of alkyl halides is 2. The molecule has 0 bridgehead atoms. The molecule has 1 aromatic heterocycles. The van der Waals surface area contributed by atoms with Gasteiger partial charge in [0.05, 0.1) is 12.6 Å². The van der Waals surface area contributed by atoms with Crippen molar-refractivity contribution in [3.63, 3.8) is 0 Å². The van der Waals surface area contributed by atoms with E-state index >= 15 is 0 Å². The molecule has 1 aromatic rings. The molecule has 0 radical (unpaired) electrons. The molecule has 0 spiro atoms. The van der Waals surface area contributed by atoms with Crippen molar-refractivity contribution in [1.82, 2.24) is 15.5 Å². The second kappa shape index (κ2) is 6.91. The fraction of sp³-hybridized carbons (Fsp3) is 0.833. The quantitative estimate of drug-likeness (QED) is 0.804. The molecule has 2 rings (SSSR count). The molecule has 0 aliphatic carbocycles. The van der Waals surface area contributed by atoms with Crippen LogP contribution in [0.15, 0.2) is 4.52 Å². The summed E-state index contributed by atoms with van der Waals surface area (Å²) in [6.07, 6.45) is 0.0785. The third-order valence-electron chi connectivity index (χ3n) is 3.16. The maximum atomic E-state index is 11.9. The molecule has 5 nitrogen and oxygen atoms in total. The lowest BCUT2D eigenvalue weighted by Gasteiger charge is -2.25. The van der Waals surface area contributed by atoms with Crippen molar-refractivity contribution in [2.75, 3.05) is 19.8 Å². The molecule has 0 amide bonds. The topological polar surface area (TPSA) is 60.2 Å². The standard InChI is InChI=1S/C12H19F2N3O2/c1-8-2-4-15-9(6-8)12-16-11(17-19-12)3-5-18-7-10(13)14/h8-10,15H,2-7H2,1H3. The van der Waals surface area contributed by atoms with Crippen molar-refractivity contribution in [1.29, 1.82) is 0 Å². The third-order valence-corrected chi connectivity index (χ3v) is 3.16. The molecular weight excluding hydrogens is 256 g/mol. The molecule has 0 aromatic carbocycles. The summed E-state index contributed by atoms with van der Waals surface area (Å²) >= 11 is 0. The Labute approximate surface area is 110 Å². The highest BCUT2D eigenvalue weighted by molar-refractivity contribution is 4.95. The first-order chi connectivity index (χ1) is 9.15. The van der Waals surface area contributed by atoms with Crippen LogP contribution >= 0.6 is 0 Å². The van der Waals surface area contributed by atoms with E-state index in [0.29, 0.717) is 24.1 Å². The number of hydrogen-bond acceptors (Lipinski definition) is 5. The molecular formula is C12H19F2N3O2. The van der Waals surface area contributed by atoms with Crippen molar-refractivity contribution in [3.8, 4) is 0 Å². The maximum Gasteiger partial charge on any atom is 0.261 e. The van der Waals surface area contributed by atoms with Gasteiger partial charge in [-0.15, -0.1) is 0 Å². The minimum absolute atomic E-state index is 0.104. The van der Waals surface area contributed by atoms with Gasteiger partial charge in [0.25, 0.3) is 6.43 Å². The minimum atomic E-state index is -2.44. The van der Waals surface area contributed by atoms with Crippen LogP contribution in [0.4, 0.5) is 8.78 Å². The number of ether oxygens (including phenoxy) is 1. The molecule has 19 heavy (non-hydrogen) atoms. The second-order valence-electron chi connectivity index (χ2n) is 4.90. The van der Waals surface area contributed by atoms with Crippen LogP contribution in [-0.4, -0.2) is 36.3 Å². The first kappa shape index (κ1) is 14.3. The predicted molar refractivity (Wildman–Crippen MR) is 64.0 cm³/mol. The molecule has 2 unspecified atom stereocenters. The largest absolute Gasteiger partial charge is 0.375 e. The van der Waals surface area contributed by atoms with Crippen LogP contribution in [0, 0.1) is 5.92 Å². The van der Waals surface area contributed by atoms with E-state index in [1.165, 1.54) is 0 Å². The van der Waals surface area contributed by atoms with Crippen molar-refractivity contribution in [2.24, 2.45) is 5.92 Å². The van der Waals surface area contributed by atoms with Gasteiger partial charge in [-0.05, 0) is 25.3 Å². The van der Waals surface area contributed by atoms with Crippen LogP contribution in [0.3, 0.4) is 0 Å². The zero-order valence-corrected chi connectivity index (χ0v) is 10.9. The van der Waals surface area contributed by atoms with E-state index in [0.717, 1.165) is 19.4 Å². The van der Waals surface area contributed by atoms with Crippen LogP contribution in [0.5, 0.6) is 0 Å². The molecule has 108 valence electrons. The van der Waals surface area contributed by atoms with Gasteiger partial charge in [0.1, 0.15) is 6.61 Å². The number of halogens is 2. The van der Waals surface area contributed by atoms with E-state index in [1.54, 1.807) is 0 Å². The molecule has 1 aliphatic heterocycles. The number of rotatable bonds is 6. The SMILES string of the molecule is CC1CCNC(c2nc(CCOCC(F)F)no2)C1. The number of hydrogen-bond donors (Lipinski definition) is 1. The van der Waals surface area contributed by atoms with Crippen LogP contribution in [-0.2, 0) is 11.2 Å². The fourth-order valence-electron chi connectivity index (χ4n) is 2.14. The Bertz CT molecular complexity index is 387. The summed E-state index contributed by atoms with van der Waals surface area (Å²) in [6.45, 7) is 2.77. The minimum Gasteiger partial charge on any atom is -0.375 e. The number of piperidine rings is 1. The number of aromatic nitrogens is 2. The zero-order valence-electron chi connectivity index (χ0n) is 10.9. The highest BCUT2D eigenvalue weighted by atomic mass is 19.3. The van der Waals surface area contributed by atoms with Crippen molar-refractivity contribution in [2.45, 2.75) is 38.7 Å². The van der Waals surface area contributed by atoms with Crippen molar-refractivity contribution < 1.29 is 18.0 Å². The van der Waals surface area contributed by atoms with E-state index < -0.39 is 13.0 Å². The van der Waals surface area contributed by atoms with Crippen LogP contribution in [0.1, 0.15) is 37.5 Å². The second-order valence-corrected chi connectivity index (χ2v) is 4.90. The van der Waals surface area contributed by atoms with Crippen LogP contribution in [0.2, 0.25) is 0 Å². The average molecular weight is 275 g/mol. The normalized spacial score (nSPS) is 24.0. The maximum absolute atomic E-state index is 11.9. The summed E-state index contributed by atoms with van der Waals surface area (Å²) in [4.78, 5) is 4.28. The summed E-state index contributed by atoms with van der Waals surface area (Å²) in [5.41, 5.74) is 0. The first-order valence-corrected chi connectivity index (χ1v) is 6.57. The molecule has 1 N–H and O–H groups in total. The highest BCUT2D eigenvalue weighted by Gasteiger charge is 2.24. The molecule has 1 fully saturated rings. The zero-order chi connectivity index (χ0) is 13.7. The highest BCUT2D eigenvalue weighted by Crippen LogP contribution is 2.25. The molecule has 2 heterocycles. The number of nitrogens with one attached hydrogen (secondary N) is 1. The Hall–Kier alpha value is -1.08. The van der Waals surface area contributed by atoms with E-state index in [4.69, 9.17) is 9.26 Å². The Morgan fingerprint density at radius 3 is 3.11 bits per heavy atom. The van der Waals surface area contributed by atoms with Gasteiger partial charge in [0, 0.05) is 6.42 Å². The molecule has 0 saturated carbocycles. The van der Waals surface area contributed by atoms with Gasteiger partial charge in [0.15, 0.2) is 5.82 Å². The Kier molecular flexibility index (Phi) is 5.21. The predicted octanol–water partition coefficient (Wildman–Crippen LogP) is 1.95. The third kappa shape index (κ3) is 4.50. The molecule has 1 saturated heterocycles. The summed E-state index contributed by atoms with van der Waals surface area (Å²) < 4.78 is 33.7. The molecule has 1 aliphatic rings. The Morgan fingerprint density at radius 2 is 2.37 bits per heavy atom. The van der Waals surface area contributed by atoms with Gasteiger partial charge in [-0.25, -0.2) is 8.78 Å². The lowest BCUT2D eigenvalue weighted by Crippen LogP contribution is -2.30. The molecule has 2 atom stereocenters. The summed E-state index contributed by atoms with van der Waals surface area (Å²) in [5.74, 6) is 1.72. The fourth-order valence-corrected chi connectivity index (χ4v) is 2.14. The lowest BCUT2D eigenvalue weighted by molar-refractivity contribution is 0.0182. The van der Waals surface area contributed by atoms with Gasteiger partial charge in [-0.3, -0.25) is 0 Å². The number of nitrogens with zero attached hydrogens (tertiary/aromatic N) is 2. The van der Waals surface area contributed by atoms with Crippen LogP contribution < -0.4 is 5.32 Å². The van der Waals surface area contributed by atoms with Gasteiger partial charge in [-0.2, -0.15) is 4.98 Å².